The van der Waals surface area contributed by atoms with Crippen molar-refractivity contribution in [2.24, 2.45) is 0 Å². The summed E-state index contributed by atoms with van der Waals surface area (Å²) in [5.41, 5.74) is 2.76. The maximum Gasteiger partial charge on any atom is 0.0374 e. The maximum atomic E-state index is 3.72. The fourth-order valence-corrected chi connectivity index (χ4v) is 2.61. The summed E-state index contributed by atoms with van der Waals surface area (Å²) in [5.74, 6) is 0. The lowest BCUT2D eigenvalue weighted by atomic mass is 9.98. The summed E-state index contributed by atoms with van der Waals surface area (Å²) in [4.78, 5) is 2.45. The molecule has 0 radical (unpaired) electrons. The van der Waals surface area contributed by atoms with E-state index in [9.17, 15) is 0 Å². The van der Waals surface area contributed by atoms with Crippen molar-refractivity contribution >= 4 is 5.69 Å². The van der Waals surface area contributed by atoms with Crippen molar-refractivity contribution in [2.75, 3.05) is 18.9 Å². The first-order valence-electron chi connectivity index (χ1n) is 6.75. The second-order valence-electron chi connectivity index (χ2n) is 5.21. The van der Waals surface area contributed by atoms with Crippen LogP contribution in [0.1, 0.15) is 32.3 Å². The highest BCUT2D eigenvalue weighted by molar-refractivity contribution is 5.51. The molecule has 2 unspecified atom stereocenters. The van der Waals surface area contributed by atoms with Crippen molar-refractivity contribution in [3.63, 3.8) is 0 Å². The summed E-state index contributed by atoms with van der Waals surface area (Å²) in [7, 11) is 2.22. The molecule has 0 spiro atoms. The van der Waals surface area contributed by atoms with E-state index in [2.05, 4.69) is 55.4 Å². The minimum Gasteiger partial charge on any atom is -0.382 e. The van der Waals surface area contributed by atoms with Crippen molar-refractivity contribution in [2.45, 2.75) is 45.2 Å². The summed E-state index contributed by atoms with van der Waals surface area (Å²) in [5, 5.41) is 3.72. The molecule has 94 valence electrons. The number of rotatable bonds is 3. The van der Waals surface area contributed by atoms with Crippen LogP contribution < -0.4 is 5.32 Å². The van der Waals surface area contributed by atoms with E-state index in [4.69, 9.17) is 0 Å². The molecule has 0 aliphatic carbocycles. The third-order valence-corrected chi connectivity index (χ3v) is 3.97. The van der Waals surface area contributed by atoms with Crippen LogP contribution in [0.5, 0.6) is 0 Å². The number of aryl methyl sites for hydroxylation is 1. The van der Waals surface area contributed by atoms with E-state index in [0.29, 0.717) is 12.1 Å². The Morgan fingerprint density at radius 3 is 2.82 bits per heavy atom. The summed E-state index contributed by atoms with van der Waals surface area (Å²) in [6.45, 7) is 5.74. The van der Waals surface area contributed by atoms with E-state index < -0.39 is 0 Å². The van der Waals surface area contributed by atoms with Crippen molar-refractivity contribution in [3.05, 3.63) is 29.8 Å². The highest BCUT2D eigenvalue weighted by Gasteiger charge is 2.22. The van der Waals surface area contributed by atoms with Gasteiger partial charge in [-0.3, -0.25) is 0 Å². The molecule has 17 heavy (non-hydrogen) atoms. The molecule has 1 N–H and O–H groups in total. The predicted octanol–water partition coefficient (Wildman–Crippen LogP) is 3.14. The zero-order valence-corrected chi connectivity index (χ0v) is 11.2. The van der Waals surface area contributed by atoms with Gasteiger partial charge in [-0.15, -0.1) is 0 Å². The first-order chi connectivity index (χ1) is 8.20. The summed E-state index contributed by atoms with van der Waals surface area (Å²) in [6.07, 6.45) is 3.60. The Bertz CT molecular complexity index is 362. The van der Waals surface area contributed by atoms with Gasteiger partial charge in [0.1, 0.15) is 0 Å². The van der Waals surface area contributed by atoms with Crippen LogP contribution in [0.2, 0.25) is 0 Å². The monoisotopic (exact) mass is 232 g/mol. The minimum atomic E-state index is 0.633. The molecule has 1 aromatic carbocycles. The number of piperidine rings is 1. The van der Waals surface area contributed by atoms with Gasteiger partial charge in [-0.05, 0) is 44.9 Å². The van der Waals surface area contributed by atoms with Crippen molar-refractivity contribution in [1.29, 1.82) is 0 Å². The molecule has 1 fully saturated rings. The molecule has 2 heteroatoms. The number of nitrogens with zero attached hydrogens (tertiary/aromatic N) is 1. The molecular weight excluding hydrogens is 208 g/mol. The summed E-state index contributed by atoms with van der Waals surface area (Å²) < 4.78 is 0. The normalized spacial score (nSPS) is 25.8. The van der Waals surface area contributed by atoms with E-state index in [1.165, 1.54) is 30.6 Å². The molecule has 0 aromatic heterocycles. The van der Waals surface area contributed by atoms with Gasteiger partial charge >= 0.3 is 0 Å². The molecular formula is C15H24N2. The van der Waals surface area contributed by atoms with Gasteiger partial charge in [0.15, 0.2) is 0 Å². The Kier molecular flexibility index (Phi) is 4.06. The van der Waals surface area contributed by atoms with Crippen molar-refractivity contribution in [1.82, 2.24) is 4.90 Å². The second kappa shape index (κ2) is 5.54. The van der Waals surface area contributed by atoms with Gasteiger partial charge in [0, 0.05) is 24.3 Å². The van der Waals surface area contributed by atoms with Crippen LogP contribution in [0.25, 0.3) is 0 Å². The second-order valence-corrected chi connectivity index (χ2v) is 5.21. The summed E-state index contributed by atoms with van der Waals surface area (Å²) >= 11 is 0. The Morgan fingerprint density at radius 1 is 1.35 bits per heavy atom. The number of hydrogen-bond acceptors (Lipinski definition) is 2. The molecule has 1 aromatic rings. The van der Waals surface area contributed by atoms with E-state index in [0.717, 1.165) is 6.42 Å². The van der Waals surface area contributed by atoms with Crippen LogP contribution in [-0.4, -0.2) is 30.6 Å². The highest BCUT2D eigenvalue weighted by Crippen LogP contribution is 2.22. The van der Waals surface area contributed by atoms with Crippen LogP contribution in [0, 0.1) is 0 Å². The number of anilines is 1. The molecule has 2 rings (SSSR count). The third kappa shape index (κ3) is 3.01. The number of likely N-dealkylation sites (tertiary alicyclic amines) is 1. The topological polar surface area (TPSA) is 15.3 Å². The van der Waals surface area contributed by atoms with Crippen LogP contribution in [0.4, 0.5) is 5.69 Å². The average molecular weight is 232 g/mol. The molecule has 1 heterocycles. The number of benzene rings is 1. The molecule has 0 saturated carbocycles. The fraction of sp³-hybridized carbons (Fsp3) is 0.600. The van der Waals surface area contributed by atoms with Gasteiger partial charge in [0.2, 0.25) is 0 Å². The lowest BCUT2D eigenvalue weighted by Gasteiger charge is -2.36. The molecule has 0 bridgehead atoms. The van der Waals surface area contributed by atoms with E-state index >= 15 is 0 Å². The molecule has 0 amide bonds. The number of nitrogens with one attached hydrogen (secondary N) is 1. The van der Waals surface area contributed by atoms with Crippen LogP contribution >= 0.6 is 0 Å². The minimum absolute atomic E-state index is 0.633. The van der Waals surface area contributed by atoms with E-state index in [-0.39, 0.29) is 0 Å². The Balaban J connectivity index is 2.01. The highest BCUT2D eigenvalue weighted by atomic mass is 15.1. The Labute approximate surface area is 105 Å². The van der Waals surface area contributed by atoms with Gasteiger partial charge in [-0.1, -0.05) is 25.1 Å². The number of para-hydroxylation sites is 1. The molecule has 1 aliphatic heterocycles. The quantitative estimate of drug-likeness (QED) is 0.861. The standard InChI is InChI=1S/C15H24N2/c1-4-13-7-5-6-8-15(13)16-14-9-10-17(3)12(2)11-14/h5-8,12,14,16H,4,9-11H2,1-3H3. The largest absolute Gasteiger partial charge is 0.382 e. The number of hydrogen-bond donors (Lipinski definition) is 1. The zero-order chi connectivity index (χ0) is 12.3. The van der Waals surface area contributed by atoms with E-state index in [1.54, 1.807) is 0 Å². The average Bonchev–Trinajstić information content (AvgIpc) is 2.34. The van der Waals surface area contributed by atoms with Crippen molar-refractivity contribution in [3.8, 4) is 0 Å². The van der Waals surface area contributed by atoms with Crippen LogP contribution in [0.3, 0.4) is 0 Å². The fourth-order valence-electron chi connectivity index (χ4n) is 2.61. The molecule has 2 nitrogen and oxygen atoms in total. The molecule has 2 atom stereocenters. The third-order valence-electron chi connectivity index (χ3n) is 3.97. The van der Waals surface area contributed by atoms with Crippen LogP contribution in [0.15, 0.2) is 24.3 Å². The lowest BCUT2D eigenvalue weighted by molar-refractivity contribution is 0.190. The smallest absolute Gasteiger partial charge is 0.0374 e. The van der Waals surface area contributed by atoms with Gasteiger partial charge in [-0.25, -0.2) is 0 Å². The lowest BCUT2D eigenvalue weighted by Crippen LogP contribution is -2.42. The first kappa shape index (κ1) is 12.4. The van der Waals surface area contributed by atoms with Crippen molar-refractivity contribution < 1.29 is 0 Å². The Hall–Kier alpha value is -1.02. The predicted molar refractivity (Wildman–Crippen MR) is 74.6 cm³/mol. The summed E-state index contributed by atoms with van der Waals surface area (Å²) in [6, 6.07) is 10.0. The van der Waals surface area contributed by atoms with E-state index in [1.807, 2.05) is 0 Å². The maximum absolute atomic E-state index is 3.72. The molecule has 1 saturated heterocycles. The molecule has 1 aliphatic rings. The van der Waals surface area contributed by atoms with Gasteiger partial charge in [0.25, 0.3) is 0 Å². The van der Waals surface area contributed by atoms with Gasteiger partial charge in [0.05, 0.1) is 0 Å². The zero-order valence-electron chi connectivity index (χ0n) is 11.2. The van der Waals surface area contributed by atoms with Gasteiger partial charge in [-0.2, -0.15) is 0 Å². The Morgan fingerprint density at radius 2 is 2.12 bits per heavy atom. The van der Waals surface area contributed by atoms with Gasteiger partial charge < -0.3 is 10.2 Å². The SMILES string of the molecule is CCc1ccccc1NC1CCN(C)C(C)C1. The first-order valence-corrected chi connectivity index (χ1v) is 6.75. The van der Waals surface area contributed by atoms with Crippen LogP contribution in [-0.2, 0) is 6.42 Å².